The summed E-state index contributed by atoms with van der Waals surface area (Å²) < 4.78 is 6.23. The van der Waals surface area contributed by atoms with Crippen LogP contribution >= 0.6 is 0 Å². The highest BCUT2D eigenvalue weighted by molar-refractivity contribution is 5.80. The lowest BCUT2D eigenvalue weighted by Gasteiger charge is -2.02. The van der Waals surface area contributed by atoms with Crippen molar-refractivity contribution in [2.24, 2.45) is 5.10 Å². The van der Waals surface area contributed by atoms with E-state index >= 15 is 0 Å². The summed E-state index contributed by atoms with van der Waals surface area (Å²) in [4.78, 5) is 35.8. The molecular weight excluding hydrogens is 264 g/mol. The van der Waals surface area contributed by atoms with Gasteiger partial charge < -0.3 is 8.98 Å². The molecule has 2 heterocycles. The van der Waals surface area contributed by atoms with Crippen molar-refractivity contribution in [3.8, 4) is 0 Å². The summed E-state index contributed by atoms with van der Waals surface area (Å²) in [6.07, 6.45) is 4.25. The molecule has 0 spiro atoms. The summed E-state index contributed by atoms with van der Waals surface area (Å²) in [6.45, 7) is 0.151. The zero-order chi connectivity index (χ0) is 14.4. The zero-order valence-electron chi connectivity index (χ0n) is 10.4. The van der Waals surface area contributed by atoms with Crippen molar-refractivity contribution in [3.05, 3.63) is 57.3 Å². The molecule has 0 atom stereocenters. The first-order chi connectivity index (χ1) is 9.65. The fourth-order valence-corrected chi connectivity index (χ4v) is 1.43. The summed E-state index contributed by atoms with van der Waals surface area (Å²) in [5, 5.41) is 3.70. The Morgan fingerprint density at radius 3 is 3.00 bits per heavy atom. The van der Waals surface area contributed by atoms with E-state index < -0.39 is 11.2 Å². The van der Waals surface area contributed by atoms with Crippen molar-refractivity contribution in [2.75, 3.05) is 0 Å². The number of aromatic nitrogens is 2. The number of H-pyrrole nitrogens is 1. The van der Waals surface area contributed by atoms with Gasteiger partial charge in [0.25, 0.3) is 5.56 Å². The molecule has 104 valence electrons. The van der Waals surface area contributed by atoms with Crippen molar-refractivity contribution in [1.82, 2.24) is 15.0 Å². The second-order valence-electron chi connectivity index (χ2n) is 3.86. The minimum atomic E-state index is -0.551. The van der Waals surface area contributed by atoms with E-state index in [0.29, 0.717) is 5.76 Å². The molecule has 0 radical (unpaired) electrons. The van der Waals surface area contributed by atoms with Crippen LogP contribution in [0.5, 0.6) is 0 Å². The lowest BCUT2D eigenvalue weighted by atomic mass is 10.4. The van der Waals surface area contributed by atoms with Gasteiger partial charge in [-0.05, 0) is 12.1 Å². The number of aromatic amines is 1. The Balaban J connectivity index is 1.83. The molecule has 20 heavy (non-hydrogen) atoms. The Kier molecular flexibility index (Phi) is 4.28. The predicted octanol–water partition coefficient (Wildman–Crippen LogP) is -0.330. The zero-order valence-corrected chi connectivity index (χ0v) is 10.4. The maximum Gasteiger partial charge on any atom is 0.328 e. The minimum Gasteiger partial charge on any atom is -0.463 e. The molecule has 0 aliphatic carbocycles. The van der Waals surface area contributed by atoms with E-state index in [0.717, 1.165) is 0 Å². The highest BCUT2D eigenvalue weighted by Gasteiger charge is 2.02. The number of rotatable bonds is 5. The fourth-order valence-electron chi connectivity index (χ4n) is 1.43. The molecule has 2 aromatic rings. The number of amides is 1. The second-order valence-corrected chi connectivity index (χ2v) is 3.86. The maximum absolute atomic E-state index is 11.5. The van der Waals surface area contributed by atoms with Gasteiger partial charge in [-0.2, -0.15) is 5.10 Å². The number of furan rings is 1. The van der Waals surface area contributed by atoms with Gasteiger partial charge >= 0.3 is 5.69 Å². The van der Waals surface area contributed by atoms with Crippen LogP contribution in [0.2, 0.25) is 0 Å². The molecule has 0 bridgehead atoms. The number of aryl methyl sites for hydroxylation is 1. The van der Waals surface area contributed by atoms with Gasteiger partial charge in [-0.25, -0.2) is 10.2 Å². The van der Waals surface area contributed by atoms with E-state index in [2.05, 4.69) is 15.5 Å². The minimum absolute atomic E-state index is 0.0570. The molecule has 0 fully saturated rings. The second kappa shape index (κ2) is 6.32. The Labute approximate surface area is 112 Å². The lowest BCUT2D eigenvalue weighted by molar-refractivity contribution is -0.121. The lowest BCUT2D eigenvalue weighted by Crippen LogP contribution is -2.30. The van der Waals surface area contributed by atoms with Gasteiger partial charge in [0.05, 0.1) is 12.5 Å². The van der Waals surface area contributed by atoms with Gasteiger partial charge in [-0.1, -0.05) is 0 Å². The van der Waals surface area contributed by atoms with Crippen molar-refractivity contribution in [1.29, 1.82) is 0 Å². The molecule has 1 amide bonds. The topological polar surface area (TPSA) is 109 Å². The first kappa shape index (κ1) is 13.5. The third-order valence-corrected chi connectivity index (χ3v) is 2.40. The molecule has 8 nitrogen and oxygen atoms in total. The number of carbonyl (C=O) groups is 1. The number of hydrazone groups is 1. The Bertz CT molecular complexity index is 712. The molecule has 0 saturated carbocycles. The van der Waals surface area contributed by atoms with Crippen LogP contribution in [0.15, 0.2) is 49.8 Å². The van der Waals surface area contributed by atoms with Crippen molar-refractivity contribution in [3.63, 3.8) is 0 Å². The normalized spacial score (nSPS) is 10.8. The summed E-state index contributed by atoms with van der Waals surface area (Å²) in [5.74, 6) is 0.160. The summed E-state index contributed by atoms with van der Waals surface area (Å²) >= 11 is 0. The molecule has 0 aromatic carbocycles. The number of nitrogens with zero attached hydrogens (tertiary/aromatic N) is 2. The molecule has 0 unspecified atom stereocenters. The molecule has 2 N–H and O–H groups in total. The highest BCUT2D eigenvalue weighted by atomic mass is 16.3. The van der Waals surface area contributed by atoms with Crippen LogP contribution in [0.4, 0.5) is 0 Å². The largest absolute Gasteiger partial charge is 0.463 e. The van der Waals surface area contributed by atoms with E-state index in [1.54, 1.807) is 12.1 Å². The number of nitrogens with one attached hydrogen (secondary N) is 2. The summed E-state index contributed by atoms with van der Waals surface area (Å²) in [7, 11) is 0. The Morgan fingerprint density at radius 2 is 2.30 bits per heavy atom. The first-order valence-electron chi connectivity index (χ1n) is 5.80. The van der Waals surface area contributed by atoms with Crippen LogP contribution in [-0.4, -0.2) is 21.7 Å². The van der Waals surface area contributed by atoms with Gasteiger partial charge in [0.15, 0.2) is 0 Å². The van der Waals surface area contributed by atoms with Crippen LogP contribution < -0.4 is 16.7 Å². The number of carbonyl (C=O) groups excluding carboxylic acids is 1. The van der Waals surface area contributed by atoms with Gasteiger partial charge in [0, 0.05) is 25.2 Å². The Morgan fingerprint density at radius 1 is 1.45 bits per heavy atom. The molecule has 0 aliphatic heterocycles. The van der Waals surface area contributed by atoms with E-state index in [1.807, 2.05) is 0 Å². The quantitative estimate of drug-likeness (QED) is 0.575. The van der Waals surface area contributed by atoms with Crippen molar-refractivity contribution in [2.45, 2.75) is 13.0 Å². The average Bonchev–Trinajstić information content (AvgIpc) is 2.91. The van der Waals surface area contributed by atoms with Crippen molar-refractivity contribution >= 4 is 12.1 Å². The predicted molar refractivity (Wildman–Crippen MR) is 70.4 cm³/mol. The number of hydrogen-bond acceptors (Lipinski definition) is 5. The number of hydrogen-bond donors (Lipinski definition) is 2. The van der Waals surface area contributed by atoms with Crippen LogP contribution in [0.1, 0.15) is 12.2 Å². The van der Waals surface area contributed by atoms with E-state index in [1.165, 1.54) is 29.3 Å². The van der Waals surface area contributed by atoms with Crippen molar-refractivity contribution < 1.29 is 9.21 Å². The summed E-state index contributed by atoms with van der Waals surface area (Å²) in [5.41, 5.74) is 1.28. The highest BCUT2D eigenvalue weighted by Crippen LogP contribution is 1.94. The van der Waals surface area contributed by atoms with E-state index in [4.69, 9.17) is 4.42 Å². The van der Waals surface area contributed by atoms with E-state index in [9.17, 15) is 14.4 Å². The summed E-state index contributed by atoms with van der Waals surface area (Å²) in [6, 6.07) is 4.61. The third kappa shape index (κ3) is 3.80. The first-order valence-corrected chi connectivity index (χ1v) is 5.80. The van der Waals surface area contributed by atoms with E-state index in [-0.39, 0.29) is 18.9 Å². The molecule has 0 saturated heterocycles. The van der Waals surface area contributed by atoms with Crippen LogP contribution in [0.3, 0.4) is 0 Å². The van der Waals surface area contributed by atoms with Gasteiger partial charge in [-0.15, -0.1) is 0 Å². The average molecular weight is 276 g/mol. The standard InChI is InChI=1S/C12H12N4O4/c17-10-3-5-16(12(19)14-10)6-4-11(18)15-13-8-9-2-1-7-20-9/h1-3,5,7-8H,4,6H2,(H,15,18)(H,14,17,19). The smallest absolute Gasteiger partial charge is 0.328 e. The van der Waals surface area contributed by atoms with Crippen LogP contribution in [0.25, 0.3) is 0 Å². The van der Waals surface area contributed by atoms with Gasteiger partial charge in [-0.3, -0.25) is 14.6 Å². The van der Waals surface area contributed by atoms with Gasteiger partial charge in [0.2, 0.25) is 5.91 Å². The molecular formula is C12H12N4O4. The maximum atomic E-state index is 11.5. The molecule has 2 rings (SSSR count). The molecule has 8 heteroatoms. The van der Waals surface area contributed by atoms with Crippen LogP contribution in [-0.2, 0) is 11.3 Å². The monoisotopic (exact) mass is 276 g/mol. The van der Waals surface area contributed by atoms with Crippen LogP contribution in [0, 0.1) is 0 Å². The Hall–Kier alpha value is -2.90. The fraction of sp³-hybridized carbons (Fsp3) is 0.167. The molecule has 0 aliphatic rings. The SMILES string of the molecule is O=C(CCn1ccc(=O)[nH]c1=O)NN=Cc1ccco1. The third-order valence-electron chi connectivity index (χ3n) is 2.40. The molecule has 2 aromatic heterocycles. The van der Waals surface area contributed by atoms with Gasteiger partial charge in [0.1, 0.15) is 5.76 Å².